The molecule has 1 radical (unpaired) electrons. The minimum Gasteiger partial charge on any atom is -0.463 e. The van der Waals surface area contributed by atoms with E-state index in [9.17, 15) is 0 Å². The van der Waals surface area contributed by atoms with Crippen LogP contribution in [-0.2, 0) is 0 Å². The van der Waals surface area contributed by atoms with Crippen molar-refractivity contribution in [1.82, 2.24) is 0 Å². The quantitative estimate of drug-likeness (QED) is 0.568. The fraction of sp³-hybridized carbons (Fsp3) is 0. The minimum absolute atomic E-state index is 0.0880. The highest BCUT2D eigenvalue weighted by Crippen LogP contribution is 2.06. The van der Waals surface area contributed by atoms with Crippen molar-refractivity contribution in [2.45, 2.75) is 0 Å². The van der Waals surface area contributed by atoms with Crippen LogP contribution in [0.15, 0.2) is 22.8 Å². The van der Waals surface area contributed by atoms with Crippen molar-refractivity contribution in [2.75, 3.05) is 0 Å². The number of aliphatic hydroxyl groups is 2. The number of aliphatic hydroxyl groups excluding tert-OH is 1. The molecule has 0 saturated heterocycles. The van der Waals surface area contributed by atoms with Crippen molar-refractivity contribution >= 4 is 0 Å². The summed E-state index contributed by atoms with van der Waals surface area (Å²) in [4.78, 5) is 0. The third-order valence-electron chi connectivity index (χ3n) is 0.742. The van der Waals surface area contributed by atoms with Crippen LogP contribution in [0.5, 0.6) is 0 Å². The van der Waals surface area contributed by atoms with Crippen molar-refractivity contribution in [3.05, 3.63) is 30.4 Å². The Morgan fingerprint density at radius 2 is 2.25 bits per heavy atom. The van der Waals surface area contributed by atoms with Gasteiger partial charge in [0.2, 0.25) is 0 Å². The Labute approximate surface area is 46.2 Å². The van der Waals surface area contributed by atoms with Gasteiger partial charge in [-0.05, 0) is 12.1 Å². The summed E-state index contributed by atoms with van der Waals surface area (Å²) in [6.07, 6.45) is 0.580. The van der Waals surface area contributed by atoms with E-state index in [1.807, 2.05) is 0 Å². The van der Waals surface area contributed by atoms with Crippen LogP contribution in [0.25, 0.3) is 0 Å². The second-order valence-corrected chi connectivity index (χ2v) is 1.30. The Kier molecular flexibility index (Phi) is 1.32. The average molecular weight is 113 g/mol. The van der Waals surface area contributed by atoms with Gasteiger partial charge in [0.15, 0.2) is 5.76 Å². The molecule has 0 spiro atoms. The largest absolute Gasteiger partial charge is 0.463 e. The molecule has 8 heavy (non-hydrogen) atoms. The molecule has 1 rings (SSSR count). The highest BCUT2D eigenvalue weighted by atomic mass is 16.5. The van der Waals surface area contributed by atoms with Crippen LogP contribution >= 0.6 is 0 Å². The second kappa shape index (κ2) is 1.98. The van der Waals surface area contributed by atoms with Gasteiger partial charge < -0.3 is 14.6 Å². The van der Waals surface area contributed by atoms with Gasteiger partial charge in [-0.15, -0.1) is 0 Å². The van der Waals surface area contributed by atoms with Crippen LogP contribution < -0.4 is 0 Å². The molecule has 0 saturated carbocycles. The molecule has 0 atom stereocenters. The van der Waals surface area contributed by atoms with Gasteiger partial charge in [0.05, 0.1) is 6.26 Å². The van der Waals surface area contributed by atoms with E-state index in [1.165, 1.54) is 12.3 Å². The van der Waals surface area contributed by atoms with E-state index in [2.05, 4.69) is 4.42 Å². The van der Waals surface area contributed by atoms with Gasteiger partial charge in [-0.1, -0.05) is 0 Å². The molecule has 0 fully saturated rings. The van der Waals surface area contributed by atoms with Crippen molar-refractivity contribution < 1.29 is 14.6 Å². The molecule has 3 nitrogen and oxygen atoms in total. The molecular formula is C5H5O3. The number of rotatable bonds is 1. The zero-order valence-electron chi connectivity index (χ0n) is 4.03. The van der Waals surface area contributed by atoms with E-state index in [1.54, 1.807) is 6.07 Å². The molecule has 0 aliphatic carbocycles. The Morgan fingerprint density at radius 3 is 2.50 bits per heavy atom. The zero-order valence-corrected chi connectivity index (χ0v) is 4.03. The lowest BCUT2D eigenvalue weighted by atomic mass is 10.4. The van der Waals surface area contributed by atoms with Gasteiger partial charge >= 0.3 is 0 Å². The monoisotopic (exact) mass is 113 g/mol. The van der Waals surface area contributed by atoms with Crippen molar-refractivity contribution in [3.63, 3.8) is 0 Å². The van der Waals surface area contributed by atoms with Crippen molar-refractivity contribution in [2.24, 2.45) is 0 Å². The molecule has 1 aromatic heterocycles. The first-order valence-corrected chi connectivity index (χ1v) is 2.09. The van der Waals surface area contributed by atoms with Gasteiger partial charge in [0, 0.05) is 0 Å². The second-order valence-electron chi connectivity index (χ2n) is 1.30. The summed E-state index contributed by atoms with van der Waals surface area (Å²) in [5.74, 6) is 0.0880. The maximum absolute atomic E-state index is 8.29. The van der Waals surface area contributed by atoms with Gasteiger partial charge in [-0.25, -0.2) is 0 Å². The first kappa shape index (κ1) is 5.34. The first-order chi connectivity index (χ1) is 3.80. The van der Waals surface area contributed by atoms with Gasteiger partial charge in [0.25, 0.3) is 6.29 Å². The molecular weight excluding hydrogens is 108 g/mol. The van der Waals surface area contributed by atoms with E-state index < -0.39 is 6.29 Å². The Morgan fingerprint density at radius 1 is 1.50 bits per heavy atom. The molecule has 43 valence electrons. The van der Waals surface area contributed by atoms with E-state index in [0.29, 0.717) is 0 Å². The van der Waals surface area contributed by atoms with Crippen molar-refractivity contribution in [1.29, 1.82) is 0 Å². The molecule has 1 heterocycles. The lowest BCUT2D eigenvalue weighted by Gasteiger charge is -1.90. The van der Waals surface area contributed by atoms with Crippen LogP contribution in [0.3, 0.4) is 0 Å². The summed E-state index contributed by atoms with van der Waals surface area (Å²) in [5.41, 5.74) is 0. The summed E-state index contributed by atoms with van der Waals surface area (Å²) in [6.45, 7) is 0. The molecule has 0 aliphatic rings. The predicted octanol–water partition coefficient (Wildman–Crippen LogP) is 0.862. The van der Waals surface area contributed by atoms with Crippen LogP contribution in [0.4, 0.5) is 0 Å². The predicted molar refractivity (Wildman–Crippen MR) is 24.9 cm³/mol. The normalized spacial score (nSPS) is 10.4. The Balaban J connectivity index is 2.77. The zero-order chi connectivity index (χ0) is 5.98. The molecule has 1 aromatic rings. The highest BCUT2D eigenvalue weighted by molar-refractivity contribution is 5.07. The summed E-state index contributed by atoms with van der Waals surface area (Å²) >= 11 is 0. The van der Waals surface area contributed by atoms with Crippen LogP contribution in [0.1, 0.15) is 5.76 Å². The smallest absolute Gasteiger partial charge is 0.287 e. The number of hydrogen-bond acceptors (Lipinski definition) is 3. The summed E-state index contributed by atoms with van der Waals surface area (Å²) in [5, 5.41) is 16.6. The number of hydrogen-bond donors (Lipinski definition) is 2. The van der Waals surface area contributed by atoms with Crippen molar-refractivity contribution in [3.8, 4) is 0 Å². The maximum Gasteiger partial charge on any atom is 0.287 e. The fourth-order valence-corrected chi connectivity index (χ4v) is 0.406. The lowest BCUT2D eigenvalue weighted by molar-refractivity contribution is 0.0918. The fourth-order valence-electron chi connectivity index (χ4n) is 0.406. The Hall–Kier alpha value is -0.800. The van der Waals surface area contributed by atoms with Crippen LogP contribution in [0, 0.1) is 6.29 Å². The Bertz CT molecular complexity index is 143. The molecule has 3 heteroatoms. The first-order valence-electron chi connectivity index (χ1n) is 2.09. The van der Waals surface area contributed by atoms with E-state index in [-0.39, 0.29) is 5.76 Å². The molecule has 0 unspecified atom stereocenters. The van der Waals surface area contributed by atoms with E-state index in [0.717, 1.165) is 0 Å². The number of furan rings is 1. The molecule has 0 amide bonds. The lowest BCUT2D eigenvalue weighted by Crippen LogP contribution is -1.91. The van der Waals surface area contributed by atoms with Crippen LogP contribution in [0.2, 0.25) is 0 Å². The third kappa shape index (κ3) is 0.882. The molecule has 0 aromatic carbocycles. The summed E-state index contributed by atoms with van der Waals surface area (Å²) < 4.78 is 4.56. The minimum atomic E-state index is -0.782. The average Bonchev–Trinajstić information content (AvgIpc) is 2.12. The molecule has 0 aliphatic heterocycles. The summed E-state index contributed by atoms with van der Waals surface area (Å²) in [7, 11) is 0. The van der Waals surface area contributed by atoms with Crippen LogP contribution in [-0.4, -0.2) is 10.2 Å². The van der Waals surface area contributed by atoms with Gasteiger partial charge in [-0.3, -0.25) is 0 Å². The highest BCUT2D eigenvalue weighted by Gasteiger charge is 2.04. The maximum atomic E-state index is 8.29. The SMILES string of the molecule is O[C](O)c1ccco1. The van der Waals surface area contributed by atoms with E-state index in [4.69, 9.17) is 10.2 Å². The summed E-state index contributed by atoms with van der Waals surface area (Å²) in [6, 6.07) is 3.02. The topological polar surface area (TPSA) is 53.6 Å². The van der Waals surface area contributed by atoms with Gasteiger partial charge in [-0.2, -0.15) is 0 Å². The standard InChI is InChI=1S/C5H5O3/c6-5(7)4-2-1-3-8-4/h1-3,6-7H. The molecule has 0 bridgehead atoms. The van der Waals surface area contributed by atoms with E-state index >= 15 is 0 Å². The molecule has 2 N–H and O–H groups in total. The van der Waals surface area contributed by atoms with Gasteiger partial charge in [0.1, 0.15) is 0 Å². The third-order valence-corrected chi connectivity index (χ3v) is 0.742.